The second-order valence-corrected chi connectivity index (χ2v) is 6.84. The number of thiazole rings is 1. The van der Waals surface area contributed by atoms with E-state index in [0.29, 0.717) is 34.5 Å². The van der Waals surface area contributed by atoms with E-state index in [1.807, 2.05) is 37.4 Å². The number of hydrogen-bond donors (Lipinski definition) is 2. The number of carbonyl (C=O) groups excluding carboxylic acids is 2. The molecule has 0 aliphatic carbocycles. The molecule has 0 fully saturated rings. The summed E-state index contributed by atoms with van der Waals surface area (Å²) < 4.78 is 5.67. The van der Waals surface area contributed by atoms with Gasteiger partial charge in [-0.15, -0.1) is 11.3 Å². The van der Waals surface area contributed by atoms with E-state index in [1.54, 1.807) is 12.1 Å². The minimum absolute atomic E-state index is 0.118. The van der Waals surface area contributed by atoms with Gasteiger partial charge in [0.2, 0.25) is 5.91 Å². The summed E-state index contributed by atoms with van der Waals surface area (Å²) in [7, 11) is 0. The Kier molecular flexibility index (Phi) is 5.18. The molecule has 0 saturated heterocycles. The quantitative estimate of drug-likeness (QED) is 0.714. The van der Waals surface area contributed by atoms with Gasteiger partial charge in [0.1, 0.15) is 11.5 Å². The molecule has 0 spiro atoms. The summed E-state index contributed by atoms with van der Waals surface area (Å²) in [4.78, 5) is 27.8. The Morgan fingerprint density at radius 3 is 2.73 bits per heavy atom. The molecule has 0 bridgehead atoms. The average Bonchev–Trinajstić information content (AvgIpc) is 3.21. The third-order valence-corrected chi connectivity index (χ3v) is 4.53. The number of nitrogens with zero attached hydrogens (tertiary/aromatic N) is 1. The van der Waals surface area contributed by atoms with E-state index in [9.17, 15) is 9.59 Å². The molecule has 2 heterocycles. The standard InChI is InChI=1S/C19H19N3O3S/c1-11-4-6-15(12(2)8-11)18(24)22-19-21-16(10-26-19)17-7-5-14(25-17)9-20-13(3)23/h4-8,10H,9H2,1-3H3,(H,20,23)(H,21,22,24). The van der Waals surface area contributed by atoms with E-state index in [1.165, 1.54) is 18.3 Å². The van der Waals surface area contributed by atoms with Gasteiger partial charge < -0.3 is 9.73 Å². The zero-order valence-corrected chi connectivity index (χ0v) is 15.6. The maximum atomic E-state index is 12.4. The average molecular weight is 369 g/mol. The topological polar surface area (TPSA) is 84.2 Å². The Balaban J connectivity index is 1.70. The second-order valence-electron chi connectivity index (χ2n) is 5.99. The Morgan fingerprint density at radius 1 is 1.19 bits per heavy atom. The highest BCUT2D eigenvalue weighted by Gasteiger charge is 2.14. The Bertz CT molecular complexity index is 959. The van der Waals surface area contributed by atoms with Crippen molar-refractivity contribution in [2.75, 3.05) is 5.32 Å². The summed E-state index contributed by atoms with van der Waals surface area (Å²) in [5.74, 6) is 0.930. The van der Waals surface area contributed by atoms with Crippen LogP contribution in [0.5, 0.6) is 0 Å². The minimum atomic E-state index is -0.186. The van der Waals surface area contributed by atoms with Crippen LogP contribution >= 0.6 is 11.3 Å². The van der Waals surface area contributed by atoms with Crippen molar-refractivity contribution in [2.24, 2.45) is 0 Å². The number of aryl methyl sites for hydroxylation is 2. The van der Waals surface area contributed by atoms with Gasteiger partial charge in [0.15, 0.2) is 10.9 Å². The SMILES string of the molecule is CC(=O)NCc1ccc(-c2csc(NC(=O)c3ccc(C)cc3C)n2)o1. The molecule has 0 saturated carbocycles. The monoisotopic (exact) mass is 369 g/mol. The predicted octanol–water partition coefficient (Wildman–Crippen LogP) is 3.91. The van der Waals surface area contributed by atoms with Crippen LogP contribution in [0.15, 0.2) is 40.1 Å². The molecule has 3 rings (SSSR count). The summed E-state index contributed by atoms with van der Waals surface area (Å²) in [5, 5.41) is 7.83. The zero-order valence-electron chi connectivity index (χ0n) is 14.8. The van der Waals surface area contributed by atoms with Gasteiger partial charge in [-0.05, 0) is 37.6 Å². The lowest BCUT2D eigenvalue weighted by Gasteiger charge is -2.06. The van der Waals surface area contributed by atoms with Crippen molar-refractivity contribution in [3.8, 4) is 11.5 Å². The van der Waals surface area contributed by atoms with E-state index < -0.39 is 0 Å². The number of amides is 2. The van der Waals surface area contributed by atoms with Crippen molar-refractivity contribution < 1.29 is 14.0 Å². The molecule has 2 amide bonds. The summed E-state index contributed by atoms with van der Waals surface area (Å²) in [6.07, 6.45) is 0. The van der Waals surface area contributed by atoms with Crippen molar-refractivity contribution in [3.05, 3.63) is 58.2 Å². The van der Waals surface area contributed by atoms with Crippen LogP contribution < -0.4 is 10.6 Å². The van der Waals surface area contributed by atoms with Crippen LogP contribution in [0, 0.1) is 13.8 Å². The number of carbonyl (C=O) groups is 2. The van der Waals surface area contributed by atoms with Crippen molar-refractivity contribution >= 4 is 28.3 Å². The van der Waals surface area contributed by atoms with E-state index in [2.05, 4.69) is 15.6 Å². The van der Waals surface area contributed by atoms with Gasteiger partial charge >= 0.3 is 0 Å². The lowest BCUT2D eigenvalue weighted by atomic mass is 10.1. The number of hydrogen-bond acceptors (Lipinski definition) is 5. The maximum absolute atomic E-state index is 12.4. The third kappa shape index (κ3) is 4.18. The van der Waals surface area contributed by atoms with Crippen LogP contribution in [0.4, 0.5) is 5.13 Å². The Labute approximate surface area is 155 Å². The van der Waals surface area contributed by atoms with Gasteiger partial charge in [-0.2, -0.15) is 0 Å². The molecular formula is C19H19N3O3S. The summed E-state index contributed by atoms with van der Waals surface area (Å²) in [6.45, 7) is 5.69. The second kappa shape index (κ2) is 7.53. The van der Waals surface area contributed by atoms with Gasteiger partial charge in [0.05, 0.1) is 6.54 Å². The van der Waals surface area contributed by atoms with Crippen molar-refractivity contribution in [1.29, 1.82) is 0 Å². The fourth-order valence-electron chi connectivity index (χ4n) is 2.50. The van der Waals surface area contributed by atoms with Gasteiger partial charge in [0, 0.05) is 17.9 Å². The number of benzene rings is 1. The molecule has 2 aromatic heterocycles. The molecule has 134 valence electrons. The highest BCUT2D eigenvalue weighted by Crippen LogP contribution is 2.27. The Morgan fingerprint density at radius 2 is 2.00 bits per heavy atom. The lowest BCUT2D eigenvalue weighted by Crippen LogP contribution is -2.18. The van der Waals surface area contributed by atoms with E-state index >= 15 is 0 Å². The number of anilines is 1. The maximum Gasteiger partial charge on any atom is 0.257 e. The third-order valence-electron chi connectivity index (χ3n) is 3.78. The summed E-state index contributed by atoms with van der Waals surface area (Å²) in [6, 6.07) is 9.28. The number of furan rings is 1. The van der Waals surface area contributed by atoms with Crippen LogP contribution in [-0.2, 0) is 11.3 Å². The molecule has 0 aliphatic heterocycles. The van der Waals surface area contributed by atoms with Crippen LogP contribution in [0.25, 0.3) is 11.5 Å². The molecule has 3 aromatic rings. The van der Waals surface area contributed by atoms with Crippen molar-refractivity contribution in [2.45, 2.75) is 27.3 Å². The first kappa shape index (κ1) is 17.9. The highest BCUT2D eigenvalue weighted by molar-refractivity contribution is 7.14. The van der Waals surface area contributed by atoms with Crippen LogP contribution in [-0.4, -0.2) is 16.8 Å². The van der Waals surface area contributed by atoms with E-state index in [0.717, 1.165) is 11.1 Å². The lowest BCUT2D eigenvalue weighted by molar-refractivity contribution is -0.119. The van der Waals surface area contributed by atoms with Gasteiger partial charge in [0.25, 0.3) is 5.91 Å². The molecule has 26 heavy (non-hydrogen) atoms. The molecule has 0 radical (unpaired) electrons. The van der Waals surface area contributed by atoms with Crippen LogP contribution in [0.1, 0.15) is 34.2 Å². The smallest absolute Gasteiger partial charge is 0.257 e. The molecule has 7 heteroatoms. The van der Waals surface area contributed by atoms with E-state index in [-0.39, 0.29) is 11.8 Å². The fourth-order valence-corrected chi connectivity index (χ4v) is 3.19. The first-order chi connectivity index (χ1) is 12.4. The molecule has 0 atom stereocenters. The molecular weight excluding hydrogens is 350 g/mol. The largest absolute Gasteiger partial charge is 0.458 e. The molecule has 1 aromatic carbocycles. The van der Waals surface area contributed by atoms with Gasteiger partial charge in [-0.3, -0.25) is 14.9 Å². The minimum Gasteiger partial charge on any atom is -0.458 e. The molecule has 0 unspecified atom stereocenters. The molecule has 2 N–H and O–H groups in total. The van der Waals surface area contributed by atoms with Crippen LogP contribution in [0.2, 0.25) is 0 Å². The van der Waals surface area contributed by atoms with Gasteiger partial charge in [-0.1, -0.05) is 17.7 Å². The molecule has 0 aliphatic rings. The predicted molar refractivity (Wildman–Crippen MR) is 101 cm³/mol. The van der Waals surface area contributed by atoms with Crippen molar-refractivity contribution in [3.63, 3.8) is 0 Å². The fraction of sp³-hybridized carbons (Fsp3) is 0.211. The zero-order chi connectivity index (χ0) is 18.7. The van der Waals surface area contributed by atoms with Gasteiger partial charge in [-0.25, -0.2) is 4.98 Å². The van der Waals surface area contributed by atoms with E-state index in [4.69, 9.17) is 4.42 Å². The first-order valence-electron chi connectivity index (χ1n) is 8.10. The van der Waals surface area contributed by atoms with Crippen molar-refractivity contribution in [1.82, 2.24) is 10.3 Å². The molecule has 6 nitrogen and oxygen atoms in total. The number of aromatic nitrogens is 1. The normalized spacial score (nSPS) is 10.6. The summed E-state index contributed by atoms with van der Waals surface area (Å²) in [5.41, 5.74) is 3.30. The first-order valence-corrected chi connectivity index (χ1v) is 8.98. The Hall–Kier alpha value is -2.93. The number of nitrogens with one attached hydrogen (secondary N) is 2. The summed E-state index contributed by atoms with van der Waals surface area (Å²) >= 11 is 1.33. The highest BCUT2D eigenvalue weighted by atomic mass is 32.1. The van der Waals surface area contributed by atoms with Crippen LogP contribution in [0.3, 0.4) is 0 Å². The number of rotatable bonds is 5.